The molecule has 108 valence electrons. The Balaban J connectivity index is 2.58. The number of rotatable bonds is 7. The Hall–Kier alpha value is -0.0800. The minimum Gasteiger partial charge on any atom is -0.330 e. The van der Waals surface area contributed by atoms with Crippen LogP contribution in [0.25, 0.3) is 0 Å². The zero-order valence-electron chi connectivity index (χ0n) is 13.0. The Morgan fingerprint density at radius 1 is 1.39 bits per heavy atom. The van der Waals surface area contributed by atoms with Gasteiger partial charge < -0.3 is 10.6 Å². The van der Waals surface area contributed by atoms with Crippen LogP contribution in [0, 0.1) is 17.3 Å². The lowest BCUT2D eigenvalue weighted by Crippen LogP contribution is -2.46. The number of nitrogens with two attached hydrogens (primary N) is 1. The van der Waals surface area contributed by atoms with Gasteiger partial charge in [-0.25, -0.2) is 0 Å². The van der Waals surface area contributed by atoms with Gasteiger partial charge >= 0.3 is 0 Å². The molecule has 1 aliphatic rings. The predicted octanol–water partition coefficient (Wildman–Crippen LogP) is 3.51. The summed E-state index contributed by atoms with van der Waals surface area (Å²) in [6.45, 7) is 13.8. The highest BCUT2D eigenvalue weighted by molar-refractivity contribution is 4.89. The first kappa shape index (κ1) is 16.0. The Morgan fingerprint density at radius 2 is 2.11 bits per heavy atom. The van der Waals surface area contributed by atoms with Crippen molar-refractivity contribution >= 4 is 0 Å². The van der Waals surface area contributed by atoms with Gasteiger partial charge in [0.25, 0.3) is 0 Å². The van der Waals surface area contributed by atoms with Crippen LogP contribution in [0.3, 0.4) is 0 Å². The predicted molar refractivity (Wildman–Crippen MR) is 80.7 cm³/mol. The summed E-state index contributed by atoms with van der Waals surface area (Å²) in [7, 11) is 0. The standard InChI is InChI=1S/C16H34N2/c1-5-14(3)11-18(6-2)13-16(12-17)9-7-8-15(4)10-16/h14-15H,5-13,17H2,1-4H3. The molecule has 2 N–H and O–H groups in total. The lowest BCUT2D eigenvalue weighted by molar-refractivity contribution is 0.0832. The van der Waals surface area contributed by atoms with Crippen molar-refractivity contribution < 1.29 is 0 Å². The van der Waals surface area contributed by atoms with Crippen molar-refractivity contribution in [3.63, 3.8) is 0 Å². The highest BCUT2D eigenvalue weighted by atomic mass is 15.1. The third kappa shape index (κ3) is 4.55. The maximum Gasteiger partial charge on any atom is 0.00502 e. The maximum absolute atomic E-state index is 6.14. The van der Waals surface area contributed by atoms with Crippen LogP contribution in [0.2, 0.25) is 0 Å². The van der Waals surface area contributed by atoms with Crippen LogP contribution < -0.4 is 5.73 Å². The van der Waals surface area contributed by atoms with E-state index < -0.39 is 0 Å². The van der Waals surface area contributed by atoms with Gasteiger partial charge in [0.2, 0.25) is 0 Å². The topological polar surface area (TPSA) is 29.3 Å². The van der Waals surface area contributed by atoms with Gasteiger partial charge in [-0.2, -0.15) is 0 Å². The molecular weight excluding hydrogens is 220 g/mol. The van der Waals surface area contributed by atoms with Gasteiger partial charge in [0.15, 0.2) is 0 Å². The zero-order valence-corrected chi connectivity index (χ0v) is 13.0. The molecule has 1 fully saturated rings. The zero-order chi connectivity index (χ0) is 13.6. The summed E-state index contributed by atoms with van der Waals surface area (Å²) < 4.78 is 0. The van der Waals surface area contributed by atoms with Gasteiger partial charge in [0.1, 0.15) is 0 Å². The van der Waals surface area contributed by atoms with Crippen LogP contribution in [0.5, 0.6) is 0 Å². The summed E-state index contributed by atoms with van der Waals surface area (Å²) in [6, 6.07) is 0. The van der Waals surface area contributed by atoms with Crippen molar-refractivity contribution in [1.29, 1.82) is 0 Å². The third-order valence-corrected chi connectivity index (χ3v) is 4.89. The molecule has 0 aromatic rings. The summed E-state index contributed by atoms with van der Waals surface area (Å²) in [4.78, 5) is 2.64. The molecule has 1 rings (SSSR count). The fraction of sp³-hybridized carbons (Fsp3) is 1.00. The molecule has 18 heavy (non-hydrogen) atoms. The highest BCUT2D eigenvalue weighted by Gasteiger charge is 2.35. The van der Waals surface area contributed by atoms with E-state index in [-0.39, 0.29) is 0 Å². The van der Waals surface area contributed by atoms with E-state index in [2.05, 4.69) is 32.6 Å². The average Bonchev–Trinajstić information content (AvgIpc) is 2.37. The van der Waals surface area contributed by atoms with Crippen molar-refractivity contribution in [2.24, 2.45) is 23.0 Å². The van der Waals surface area contributed by atoms with Gasteiger partial charge in [-0.05, 0) is 43.2 Å². The van der Waals surface area contributed by atoms with E-state index in [1.54, 1.807) is 0 Å². The molecule has 0 spiro atoms. The molecule has 0 radical (unpaired) electrons. The molecule has 0 bridgehead atoms. The molecule has 0 aromatic carbocycles. The minimum absolute atomic E-state index is 0.404. The molecule has 3 unspecified atom stereocenters. The summed E-state index contributed by atoms with van der Waals surface area (Å²) in [5, 5.41) is 0. The Bertz CT molecular complexity index is 229. The fourth-order valence-electron chi connectivity index (χ4n) is 3.51. The summed E-state index contributed by atoms with van der Waals surface area (Å²) in [5.41, 5.74) is 6.54. The van der Waals surface area contributed by atoms with Crippen molar-refractivity contribution in [2.75, 3.05) is 26.2 Å². The first-order chi connectivity index (χ1) is 8.55. The molecule has 2 nitrogen and oxygen atoms in total. The van der Waals surface area contributed by atoms with Gasteiger partial charge in [-0.1, -0.05) is 47.0 Å². The van der Waals surface area contributed by atoms with Crippen molar-refractivity contribution in [1.82, 2.24) is 4.90 Å². The van der Waals surface area contributed by atoms with Crippen LogP contribution in [0.1, 0.15) is 59.8 Å². The average molecular weight is 254 g/mol. The van der Waals surface area contributed by atoms with E-state index in [0.29, 0.717) is 5.41 Å². The largest absolute Gasteiger partial charge is 0.330 e. The third-order valence-electron chi connectivity index (χ3n) is 4.89. The fourth-order valence-corrected chi connectivity index (χ4v) is 3.51. The molecule has 0 aromatic heterocycles. The van der Waals surface area contributed by atoms with E-state index in [0.717, 1.165) is 18.4 Å². The van der Waals surface area contributed by atoms with E-state index in [1.165, 1.54) is 51.7 Å². The highest BCUT2D eigenvalue weighted by Crippen LogP contribution is 2.39. The van der Waals surface area contributed by atoms with Crippen LogP contribution in [-0.4, -0.2) is 31.1 Å². The number of hydrogen-bond acceptors (Lipinski definition) is 2. The monoisotopic (exact) mass is 254 g/mol. The number of hydrogen-bond donors (Lipinski definition) is 1. The second-order valence-electron chi connectivity index (χ2n) is 6.75. The van der Waals surface area contributed by atoms with E-state index in [1.807, 2.05) is 0 Å². The second-order valence-corrected chi connectivity index (χ2v) is 6.75. The first-order valence-electron chi connectivity index (χ1n) is 7.97. The molecule has 0 amide bonds. The molecule has 2 heteroatoms. The second kappa shape index (κ2) is 7.49. The van der Waals surface area contributed by atoms with Crippen LogP contribution in [0.15, 0.2) is 0 Å². The van der Waals surface area contributed by atoms with Gasteiger partial charge in [0.05, 0.1) is 0 Å². The molecular formula is C16H34N2. The van der Waals surface area contributed by atoms with E-state index in [9.17, 15) is 0 Å². The van der Waals surface area contributed by atoms with E-state index in [4.69, 9.17) is 5.73 Å². The lowest BCUT2D eigenvalue weighted by atomic mass is 9.69. The first-order valence-corrected chi connectivity index (χ1v) is 7.97. The summed E-state index contributed by atoms with van der Waals surface area (Å²) in [6.07, 6.45) is 6.73. The molecule has 1 saturated carbocycles. The number of nitrogens with zero attached hydrogens (tertiary/aromatic N) is 1. The quantitative estimate of drug-likeness (QED) is 0.753. The van der Waals surface area contributed by atoms with E-state index >= 15 is 0 Å². The normalized spacial score (nSPS) is 30.7. The molecule has 3 atom stereocenters. The van der Waals surface area contributed by atoms with Crippen LogP contribution in [-0.2, 0) is 0 Å². The maximum atomic E-state index is 6.14. The molecule has 0 saturated heterocycles. The Labute approximate surface area is 114 Å². The smallest absolute Gasteiger partial charge is 0.00502 e. The molecule has 1 aliphatic carbocycles. The van der Waals surface area contributed by atoms with Gasteiger partial charge in [-0.15, -0.1) is 0 Å². The Kier molecular flexibility index (Phi) is 6.65. The summed E-state index contributed by atoms with van der Waals surface area (Å²) >= 11 is 0. The summed E-state index contributed by atoms with van der Waals surface area (Å²) in [5.74, 6) is 1.67. The SMILES string of the molecule is CCC(C)CN(CC)CC1(CN)CCCC(C)C1. The van der Waals surface area contributed by atoms with Gasteiger partial charge in [0, 0.05) is 13.1 Å². The van der Waals surface area contributed by atoms with Crippen LogP contribution in [0.4, 0.5) is 0 Å². The van der Waals surface area contributed by atoms with Gasteiger partial charge in [-0.3, -0.25) is 0 Å². The van der Waals surface area contributed by atoms with Crippen molar-refractivity contribution in [3.8, 4) is 0 Å². The van der Waals surface area contributed by atoms with Crippen LogP contribution >= 0.6 is 0 Å². The minimum atomic E-state index is 0.404. The van der Waals surface area contributed by atoms with Crippen molar-refractivity contribution in [3.05, 3.63) is 0 Å². The van der Waals surface area contributed by atoms with Crippen molar-refractivity contribution in [2.45, 2.75) is 59.8 Å². The molecule has 0 heterocycles. The molecule has 0 aliphatic heterocycles. The Morgan fingerprint density at radius 3 is 2.61 bits per heavy atom. The lowest BCUT2D eigenvalue weighted by Gasteiger charge is -2.43.